The molecule has 0 spiro atoms. The Balaban J connectivity index is 1.56. The summed E-state index contributed by atoms with van der Waals surface area (Å²) < 4.78 is 53.4. The molecular weight excluding hydrogens is 698 g/mol. The summed E-state index contributed by atoms with van der Waals surface area (Å²) in [6.07, 6.45) is 5.33. The second kappa shape index (κ2) is 19.0. The molecular formula is C43H28F2O9. The molecule has 0 aromatic heterocycles. The second-order valence-electron chi connectivity index (χ2n) is 10.6. The highest BCUT2D eigenvalue weighted by Crippen LogP contribution is 2.32. The molecule has 4 aromatic rings. The summed E-state index contributed by atoms with van der Waals surface area (Å²) in [5, 5.41) is 0. The quantitative estimate of drug-likeness (QED) is 0.0478. The van der Waals surface area contributed by atoms with Crippen molar-refractivity contribution in [3.05, 3.63) is 175 Å². The number of carbonyl (C=O) groups is 4. The lowest BCUT2D eigenvalue weighted by atomic mass is 10.1. The number of halogens is 2. The van der Waals surface area contributed by atoms with Gasteiger partial charge in [-0.05, 0) is 77.9 Å². The van der Waals surface area contributed by atoms with E-state index < -0.39 is 35.5 Å². The molecule has 0 fully saturated rings. The van der Waals surface area contributed by atoms with E-state index in [1.54, 1.807) is 54.6 Å². The van der Waals surface area contributed by atoms with E-state index in [1.807, 2.05) is 0 Å². The van der Waals surface area contributed by atoms with Crippen LogP contribution in [0.25, 0.3) is 6.08 Å². The third-order valence-corrected chi connectivity index (χ3v) is 6.66. The largest absolute Gasteiger partial charge is 0.496 e. The summed E-state index contributed by atoms with van der Waals surface area (Å²) >= 11 is 0. The van der Waals surface area contributed by atoms with Crippen LogP contribution in [-0.4, -0.2) is 23.9 Å². The second-order valence-corrected chi connectivity index (χ2v) is 10.6. The van der Waals surface area contributed by atoms with Crippen LogP contribution in [0.2, 0.25) is 0 Å². The number of benzene rings is 4. The van der Waals surface area contributed by atoms with E-state index in [0.29, 0.717) is 16.9 Å². The fraction of sp³-hybridized carbons (Fsp3) is 0.0233. The van der Waals surface area contributed by atoms with Crippen molar-refractivity contribution < 1.29 is 51.6 Å². The molecule has 0 aliphatic carbocycles. The summed E-state index contributed by atoms with van der Waals surface area (Å²) in [5.74, 6) is 4.11. The van der Waals surface area contributed by atoms with Crippen LogP contribution in [0.15, 0.2) is 141 Å². The Hall–Kier alpha value is -7.76. The molecule has 0 aliphatic rings. The van der Waals surface area contributed by atoms with Crippen LogP contribution in [0.4, 0.5) is 8.78 Å². The molecule has 0 atom stereocenters. The van der Waals surface area contributed by atoms with Gasteiger partial charge in [-0.1, -0.05) is 74.3 Å². The fourth-order valence-corrected chi connectivity index (χ4v) is 4.06. The molecule has 0 N–H and O–H groups in total. The lowest BCUT2D eigenvalue weighted by molar-refractivity contribution is -0.132. The van der Waals surface area contributed by atoms with Gasteiger partial charge in [0.1, 0.15) is 23.7 Å². The molecule has 0 unspecified atom stereocenters. The minimum absolute atomic E-state index is 0.123. The van der Waals surface area contributed by atoms with E-state index in [4.69, 9.17) is 23.7 Å². The highest BCUT2D eigenvalue weighted by molar-refractivity contribution is 5.89. The molecule has 54 heavy (non-hydrogen) atoms. The van der Waals surface area contributed by atoms with E-state index in [9.17, 15) is 28.0 Å². The molecule has 0 bridgehead atoms. The average Bonchev–Trinajstić information content (AvgIpc) is 3.16. The summed E-state index contributed by atoms with van der Waals surface area (Å²) in [5.41, 5.74) is 2.48. The van der Waals surface area contributed by atoms with Crippen LogP contribution in [-0.2, 0) is 30.5 Å². The third kappa shape index (κ3) is 11.9. The van der Waals surface area contributed by atoms with Crippen LogP contribution < -0.4 is 18.9 Å². The van der Waals surface area contributed by atoms with Crippen LogP contribution in [0.3, 0.4) is 0 Å². The number of rotatable bonds is 12. The lowest BCUT2D eigenvalue weighted by Crippen LogP contribution is -2.12. The van der Waals surface area contributed by atoms with E-state index in [0.717, 1.165) is 23.3 Å². The first-order chi connectivity index (χ1) is 25.9. The number of esters is 4. The molecule has 4 aromatic carbocycles. The maximum Gasteiger partial charge on any atom is 0.371 e. The van der Waals surface area contributed by atoms with Gasteiger partial charge in [0.15, 0.2) is 11.5 Å². The van der Waals surface area contributed by atoms with Crippen molar-refractivity contribution in [3.8, 4) is 46.7 Å². The Morgan fingerprint density at radius 2 is 1.04 bits per heavy atom. The minimum Gasteiger partial charge on any atom is -0.496 e. The molecule has 9 nitrogen and oxygen atoms in total. The van der Waals surface area contributed by atoms with E-state index in [1.165, 1.54) is 42.7 Å². The monoisotopic (exact) mass is 726 g/mol. The van der Waals surface area contributed by atoms with Gasteiger partial charge >= 0.3 is 23.9 Å². The van der Waals surface area contributed by atoms with Gasteiger partial charge in [0, 0.05) is 28.8 Å². The van der Waals surface area contributed by atoms with Crippen LogP contribution in [0, 0.1) is 23.7 Å². The van der Waals surface area contributed by atoms with E-state index in [-0.39, 0.29) is 35.0 Å². The van der Waals surface area contributed by atoms with Crippen LogP contribution in [0.1, 0.15) is 33.4 Å². The van der Waals surface area contributed by atoms with Crippen molar-refractivity contribution in [2.75, 3.05) is 0 Å². The summed E-state index contributed by atoms with van der Waals surface area (Å²) in [7, 11) is 0. The number of hydrogen-bond acceptors (Lipinski definition) is 9. The molecule has 0 saturated heterocycles. The van der Waals surface area contributed by atoms with Crippen LogP contribution >= 0.6 is 0 Å². The molecule has 0 aliphatic heterocycles. The van der Waals surface area contributed by atoms with Crippen molar-refractivity contribution in [1.29, 1.82) is 0 Å². The van der Waals surface area contributed by atoms with Crippen molar-refractivity contribution >= 4 is 30.0 Å². The van der Waals surface area contributed by atoms with Gasteiger partial charge in [-0.25, -0.2) is 19.2 Å². The Morgan fingerprint density at radius 3 is 1.52 bits per heavy atom. The first-order valence-electron chi connectivity index (χ1n) is 15.5. The molecule has 0 amide bonds. The van der Waals surface area contributed by atoms with Crippen molar-refractivity contribution in [2.45, 2.75) is 6.61 Å². The zero-order valence-electron chi connectivity index (χ0n) is 28.4. The normalized spacial score (nSPS) is 9.96. The summed E-state index contributed by atoms with van der Waals surface area (Å²) in [6, 6.07) is 22.3. The molecule has 0 saturated carbocycles. The maximum atomic E-state index is 13.7. The van der Waals surface area contributed by atoms with E-state index >= 15 is 0 Å². The Morgan fingerprint density at radius 1 is 0.593 bits per heavy atom. The smallest absolute Gasteiger partial charge is 0.371 e. The van der Waals surface area contributed by atoms with Crippen LogP contribution in [0.5, 0.6) is 23.0 Å². The minimum atomic E-state index is -1.46. The van der Waals surface area contributed by atoms with Crippen molar-refractivity contribution in [3.63, 3.8) is 0 Å². The molecule has 0 heterocycles. The third-order valence-electron chi connectivity index (χ3n) is 6.66. The number of carbonyl (C=O) groups excluding carboxylic acids is 4. The van der Waals surface area contributed by atoms with Gasteiger partial charge in [-0.15, -0.1) is 0 Å². The van der Waals surface area contributed by atoms with Crippen molar-refractivity contribution in [1.82, 2.24) is 0 Å². The Bertz CT molecular complexity index is 2230. The van der Waals surface area contributed by atoms with Gasteiger partial charge < -0.3 is 23.7 Å². The maximum absolute atomic E-state index is 13.7. The Kier molecular flexibility index (Phi) is 13.7. The standard InChI is InChI=1S/C43H28F2O9/c1-5-40(46)51-35-18-13-31(14-19-35)17-22-37-38(53-42(48)28(3)44)25-34(26-39(37)54-43(49)29(4)45)12-11-30-7-9-32(10-8-30)23-24-50-27-33-15-20-36(21-16-33)52-41(47)6-2/h5-10,13-16,18-21,23-26H,1-4,27H2/b24-23+. The average molecular weight is 727 g/mol. The van der Waals surface area contributed by atoms with Gasteiger partial charge in [0.25, 0.3) is 0 Å². The van der Waals surface area contributed by atoms with E-state index in [2.05, 4.69) is 50.0 Å². The first-order valence-corrected chi connectivity index (χ1v) is 15.5. The predicted molar refractivity (Wildman–Crippen MR) is 195 cm³/mol. The molecule has 0 radical (unpaired) electrons. The van der Waals surface area contributed by atoms with Crippen molar-refractivity contribution in [2.24, 2.45) is 0 Å². The summed E-state index contributed by atoms with van der Waals surface area (Å²) in [4.78, 5) is 47.2. The van der Waals surface area contributed by atoms with Gasteiger partial charge in [0.05, 0.1) is 6.26 Å². The van der Waals surface area contributed by atoms with Gasteiger partial charge in [-0.3, -0.25) is 0 Å². The first kappa shape index (κ1) is 39.0. The predicted octanol–water partition coefficient (Wildman–Crippen LogP) is 7.63. The number of hydrogen-bond donors (Lipinski definition) is 0. The molecule has 268 valence electrons. The van der Waals surface area contributed by atoms with Gasteiger partial charge in [-0.2, -0.15) is 8.78 Å². The fourth-order valence-electron chi connectivity index (χ4n) is 4.06. The Labute approximate surface area is 309 Å². The molecule has 11 heteroatoms. The lowest BCUT2D eigenvalue weighted by Gasteiger charge is -2.11. The SMILES string of the molecule is C=CC(=O)Oc1ccc(C#Cc2c(OC(=O)C(=C)F)cc(C#Cc3ccc(/C=C/OCc4ccc(OC(=O)C=C)cc4)cc3)cc2OC(=O)C(=C)F)cc1. The highest BCUT2D eigenvalue weighted by Gasteiger charge is 2.20. The van der Waals surface area contributed by atoms with Gasteiger partial charge in [0.2, 0.25) is 11.7 Å². The topological polar surface area (TPSA) is 114 Å². The summed E-state index contributed by atoms with van der Waals surface area (Å²) in [6.45, 7) is 12.8. The highest BCUT2D eigenvalue weighted by atomic mass is 19.1. The molecule has 4 rings (SSSR count). The zero-order chi connectivity index (χ0) is 39.0. The number of ether oxygens (including phenoxy) is 5. The zero-order valence-corrected chi connectivity index (χ0v) is 28.4.